The summed E-state index contributed by atoms with van der Waals surface area (Å²) in [6, 6.07) is 14.2. The number of nitriles is 1. The molecule has 2 aromatic carbocycles. The number of benzene rings is 2. The number of carbonyl (C=O) groups excluding carboxylic acids is 1. The molecule has 6 nitrogen and oxygen atoms in total. The van der Waals surface area contributed by atoms with E-state index >= 15 is 0 Å². The van der Waals surface area contributed by atoms with Gasteiger partial charge in [-0.3, -0.25) is 14.8 Å². The van der Waals surface area contributed by atoms with Crippen molar-refractivity contribution in [2.24, 2.45) is 0 Å². The second kappa shape index (κ2) is 7.12. The van der Waals surface area contributed by atoms with Crippen LogP contribution in [-0.4, -0.2) is 30.2 Å². The first kappa shape index (κ1) is 17.7. The maximum absolute atomic E-state index is 13.1. The number of hydrogen-bond acceptors (Lipinski definition) is 4. The van der Waals surface area contributed by atoms with Gasteiger partial charge in [-0.1, -0.05) is 30.3 Å². The number of alkyl halides is 2. The van der Waals surface area contributed by atoms with Crippen LogP contribution < -0.4 is 14.5 Å². The summed E-state index contributed by atoms with van der Waals surface area (Å²) >= 11 is 0. The summed E-state index contributed by atoms with van der Waals surface area (Å²) < 4.78 is 29.4. The first-order valence-corrected chi connectivity index (χ1v) is 8.46. The van der Waals surface area contributed by atoms with Crippen LogP contribution in [-0.2, 0) is 0 Å². The number of ether oxygens (including phenoxy) is 1. The van der Waals surface area contributed by atoms with E-state index in [1.165, 1.54) is 28.0 Å². The van der Waals surface area contributed by atoms with Crippen molar-refractivity contribution in [3.05, 3.63) is 60.9 Å². The van der Waals surface area contributed by atoms with E-state index in [2.05, 4.69) is 15.8 Å². The normalized spacial score (nSPS) is 16.6. The lowest BCUT2D eigenvalue weighted by Gasteiger charge is -2.21. The minimum absolute atomic E-state index is 0.0564. The molecule has 0 bridgehead atoms. The van der Waals surface area contributed by atoms with Crippen molar-refractivity contribution in [2.45, 2.75) is 12.7 Å². The highest BCUT2D eigenvalue weighted by Crippen LogP contribution is 2.34. The highest BCUT2D eigenvalue weighted by molar-refractivity contribution is 6.11. The van der Waals surface area contributed by atoms with Gasteiger partial charge in [-0.15, -0.1) is 0 Å². The number of pyridine rings is 1. The number of urea groups is 1. The lowest BCUT2D eigenvalue weighted by Crippen LogP contribution is -2.34. The molecule has 3 aromatic rings. The van der Waals surface area contributed by atoms with Gasteiger partial charge in [0.05, 0.1) is 24.5 Å². The molecule has 0 saturated carbocycles. The lowest BCUT2D eigenvalue weighted by atomic mass is 10.1. The number of halogens is 2. The van der Waals surface area contributed by atoms with Crippen molar-refractivity contribution in [2.75, 3.05) is 16.3 Å². The van der Waals surface area contributed by atoms with E-state index in [1.807, 2.05) is 24.3 Å². The van der Waals surface area contributed by atoms with E-state index in [-0.39, 0.29) is 12.3 Å². The number of hydrogen-bond donors (Lipinski definition) is 0. The molecule has 4 rings (SSSR count). The molecule has 1 saturated heterocycles. The Morgan fingerprint density at radius 3 is 2.79 bits per heavy atom. The summed E-state index contributed by atoms with van der Waals surface area (Å²) in [5.41, 5.74) is 0.899. The van der Waals surface area contributed by atoms with Crippen LogP contribution in [0.5, 0.6) is 5.75 Å². The van der Waals surface area contributed by atoms with Crippen LogP contribution in [0, 0.1) is 11.3 Å². The molecule has 0 radical (unpaired) electrons. The number of carbonyl (C=O) groups is 1. The summed E-state index contributed by atoms with van der Waals surface area (Å²) in [4.78, 5) is 20.1. The second-order valence-corrected chi connectivity index (χ2v) is 6.16. The van der Waals surface area contributed by atoms with Crippen molar-refractivity contribution in [3.8, 4) is 11.8 Å². The van der Waals surface area contributed by atoms with Crippen molar-refractivity contribution in [1.82, 2.24) is 4.98 Å². The third-order valence-corrected chi connectivity index (χ3v) is 4.51. The quantitative estimate of drug-likeness (QED) is 0.681. The van der Waals surface area contributed by atoms with Gasteiger partial charge in [0.15, 0.2) is 0 Å². The monoisotopic (exact) mass is 380 g/mol. The summed E-state index contributed by atoms with van der Waals surface area (Å²) in [5.74, 6) is -0.0564. The fourth-order valence-corrected chi connectivity index (χ4v) is 3.30. The maximum atomic E-state index is 13.1. The van der Waals surface area contributed by atoms with Gasteiger partial charge in [0.2, 0.25) is 0 Å². The molecule has 2 amide bonds. The molecular weight excluding hydrogens is 366 g/mol. The summed E-state index contributed by atoms with van der Waals surface area (Å²) in [6.45, 7) is -2.87. The maximum Gasteiger partial charge on any atom is 0.387 e. The van der Waals surface area contributed by atoms with Gasteiger partial charge < -0.3 is 4.74 Å². The van der Waals surface area contributed by atoms with Gasteiger partial charge in [-0.25, -0.2) is 4.79 Å². The van der Waals surface area contributed by atoms with E-state index in [0.29, 0.717) is 11.4 Å². The predicted octanol–water partition coefficient (Wildman–Crippen LogP) is 4.17. The summed E-state index contributed by atoms with van der Waals surface area (Å²) in [5, 5.41) is 11.2. The number of amides is 2. The molecule has 1 aliphatic rings. The smallest absolute Gasteiger partial charge is 0.387 e. The van der Waals surface area contributed by atoms with Crippen molar-refractivity contribution in [3.63, 3.8) is 0 Å². The van der Waals surface area contributed by atoms with Gasteiger partial charge >= 0.3 is 12.6 Å². The summed E-state index contributed by atoms with van der Waals surface area (Å²) in [7, 11) is 0. The first-order chi connectivity index (χ1) is 13.6. The molecule has 0 aliphatic carbocycles. The highest BCUT2D eigenvalue weighted by Gasteiger charge is 2.40. The molecule has 8 heteroatoms. The van der Waals surface area contributed by atoms with E-state index < -0.39 is 18.7 Å². The Morgan fingerprint density at radius 2 is 2.00 bits per heavy atom. The zero-order valence-electron chi connectivity index (χ0n) is 14.5. The number of anilines is 2. The van der Waals surface area contributed by atoms with E-state index in [0.717, 1.165) is 10.8 Å². The van der Waals surface area contributed by atoms with Crippen LogP contribution in [0.3, 0.4) is 0 Å². The molecule has 0 spiro atoms. The second-order valence-electron chi connectivity index (χ2n) is 6.16. The minimum Gasteiger partial charge on any atom is -0.435 e. The van der Waals surface area contributed by atoms with E-state index in [9.17, 15) is 18.8 Å². The van der Waals surface area contributed by atoms with E-state index in [4.69, 9.17) is 0 Å². The van der Waals surface area contributed by atoms with Gasteiger partial charge in [0.25, 0.3) is 0 Å². The zero-order valence-corrected chi connectivity index (χ0v) is 14.5. The first-order valence-electron chi connectivity index (χ1n) is 8.46. The Morgan fingerprint density at radius 1 is 1.18 bits per heavy atom. The number of nitrogens with zero attached hydrogens (tertiary/aromatic N) is 4. The molecule has 1 aliphatic heterocycles. The summed E-state index contributed by atoms with van der Waals surface area (Å²) in [6.07, 6.45) is 3.23. The minimum atomic E-state index is -2.96. The fraction of sp³-hybridized carbons (Fsp3) is 0.150. The topological polar surface area (TPSA) is 69.5 Å². The Bertz CT molecular complexity index is 1080. The molecule has 1 aromatic heterocycles. The average molecular weight is 380 g/mol. The van der Waals surface area contributed by atoms with Crippen LogP contribution in [0.2, 0.25) is 0 Å². The van der Waals surface area contributed by atoms with Crippen LogP contribution in [0.25, 0.3) is 10.8 Å². The van der Waals surface area contributed by atoms with Gasteiger partial charge in [0.1, 0.15) is 11.8 Å². The van der Waals surface area contributed by atoms with Crippen molar-refractivity contribution < 1.29 is 18.3 Å². The van der Waals surface area contributed by atoms with Gasteiger partial charge in [0, 0.05) is 28.7 Å². The van der Waals surface area contributed by atoms with Crippen LogP contribution in [0.4, 0.5) is 25.0 Å². The third kappa shape index (κ3) is 3.07. The van der Waals surface area contributed by atoms with Crippen LogP contribution in [0.15, 0.2) is 60.9 Å². The third-order valence-electron chi connectivity index (χ3n) is 4.51. The Labute approximate surface area is 159 Å². The predicted molar refractivity (Wildman–Crippen MR) is 99.4 cm³/mol. The molecular formula is C20H14F2N4O2. The molecule has 2 heterocycles. The number of rotatable bonds is 4. The SMILES string of the molecule is N#C[C@@H]1CN(c2cccc(OC(F)F)c2)C(=O)N1c1cncc2ccccc12. The van der Waals surface area contributed by atoms with Crippen LogP contribution in [0.1, 0.15) is 0 Å². The van der Waals surface area contributed by atoms with Gasteiger partial charge in [-0.2, -0.15) is 14.0 Å². The largest absolute Gasteiger partial charge is 0.435 e. The zero-order chi connectivity index (χ0) is 19.7. The van der Waals surface area contributed by atoms with Crippen molar-refractivity contribution >= 4 is 28.2 Å². The van der Waals surface area contributed by atoms with Crippen molar-refractivity contribution in [1.29, 1.82) is 5.26 Å². The Kier molecular flexibility index (Phi) is 4.49. The average Bonchev–Trinajstić information content (AvgIpc) is 3.03. The number of aromatic nitrogens is 1. The van der Waals surface area contributed by atoms with Crippen LogP contribution >= 0.6 is 0 Å². The molecule has 1 atom stereocenters. The lowest BCUT2D eigenvalue weighted by molar-refractivity contribution is -0.0498. The molecule has 0 unspecified atom stereocenters. The standard InChI is InChI=1S/C20H14F2N4O2/c21-19(22)28-16-6-3-5-14(8-16)25-12-15(9-23)26(20(25)27)18-11-24-10-13-4-1-2-7-17(13)18/h1-8,10-11,15,19H,12H2/t15-/m1/s1. The number of fused-ring (bicyclic) bond motifs is 1. The molecule has 0 N–H and O–H groups in total. The Hall–Kier alpha value is -3.73. The molecule has 28 heavy (non-hydrogen) atoms. The molecule has 1 fully saturated rings. The highest BCUT2D eigenvalue weighted by atomic mass is 19.3. The van der Waals surface area contributed by atoms with Gasteiger partial charge in [-0.05, 0) is 12.1 Å². The fourth-order valence-electron chi connectivity index (χ4n) is 3.30. The Balaban J connectivity index is 1.73. The molecule has 140 valence electrons. The van der Waals surface area contributed by atoms with E-state index in [1.54, 1.807) is 18.5 Å².